The van der Waals surface area contributed by atoms with Crippen LogP contribution in [0.1, 0.15) is 35.6 Å². The lowest BCUT2D eigenvalue weighted by Crippen LogP contribution is -2.37. The Labute approximate surface area is 177 Å². The van der Waals surface area contributed by atoms with E-state index in [1.807, 2.05) is 12.1 Å². The maximum atomic E-state index is 10.6. The van der Waals surface area contributed by atoms with E-state index < -0.39 is 6.16 Å². The van der Waals surface area contributed by atoms with Crippen LogP contribution in [-0.4, -0.2) is 29.3 Å². The Kier molecular flexibility index (Phi) is 6.45. The zero-order valence-corrected chi connectivity index (χ0v) is 17.0. The molecule has 4 rings (SSSR count). The van der Waals surface area contributed by atoms with E-state index in [2.05, 4.69) is 65.6 Å². The fourth-order valence-electron chi connectivity index (χ4n) is 4.43. The van der Waals surface area contributed by atoms with Gasteiger partial charge in [-0.05, 0) is 67.1 Å². The topological polar surface area (TPSA) is 49.8 Å². The molecule has 1 N–H and O–H groups in total. The Morgan fingerprint density at radius 1 is 0.867 bits per heavy atom. The molecule has 1 heterocycles. The van der Waals surface area contributed by atoms with Crippen molar-refractivity contribution in [1.82, 2.24) is 4.90 Å². The maximum Gasteiger partial charge on any atom is 0.511 e. The van der Waals surface area contributed by atoms with Crippen molar-refractivity contribution in [1.29, 1.82) is 0 Å². The van der Waals surface area contributed by atoms with Crippen LogP contribution in [0.4, 0.5) is 4.79 Å². The molecule has 0 aliphatic carbocycles. The summed E-state index contributed by atoms with van der Waals surface area (Å²) < 4.78 is 4.69. The number of benzene rings is 3. The molecule has 0 unspecified atom stereocenters. The van der Waals surface area contributed by atoms with Crippen molar-refractivity contribution in [2.24, 2.45) is 5.92 Å². The number of hydrogen-bond acceptors (Lipinski definition) is 3. The van der Waals surface area contributed by atoms with E-state index in [9.17, 15) is 4.79 Å². The first-order valence-corrected chi connectivity index (χ1v) is 10.5. The van der Waals surface area contributed by atoms with Crippen molar-refractivity contribution < 1.29 is 14.6 Å². The fourth-order valence-corrected chi connectivity index (χ4v) is 4.43. The molecule has 4 nitrogen and oxygen atoms in total. The summed E-state index contributed by atoms with van der Waals surface area (Å²) in [4.78, 5) is 13.2. The first-order chi connectivity index (χ1) is 14.7. The molecule has 154 valence electrons. The van der Waals surface area contributed by atoms with E-state index in [-0.39, 0.29) is 0 Å². The summed E-state index contributed by atoms with van der Waals surface area (Å²) in [5.41, 5.74) is 3.92. The van der Waals surface area contributed by atoms with E-state index in [0.29, 0.717) is 17.7 Å². The fraction of sp³-hybridized carbons (Fsp3) is 0.269. The van der Waals surface area contributed by atoms with Crippen LogP contribution >= 0.6 is 0 Å². The Bertz CT molecular complexity index is 894. The average Bonchev–Trinajstić information content (AvgIpc) is 2.78. The van der Waals surface area contributed by atoms with Crippen LogP contribution < -0.4 is 4.74 Å². The van der Waals surface area contributed by atoms with Gasteiger partial charge in [0.25, 0.3) is 0 Å². The third kappa shape index (κ3) is 5.08. The zero-order valence-electron chi connectivity index (χ0n) is 17.0. The molecule has 1 saturated heterocycles. The van der Waals surface area contributed by atoms with Gasteiger partial charge in [0, 0.05) is 0 Å². The summed E-state index contributed by atoms with van der Waals surface area (Å²) in [5, 5.41) is 8.70. The Balaban J connectivity index is 1.40. The maximum absolute atomic E-state index is 10.6. The molecule has 4 heteroatoms. The van der Waals surface area contributed by atoms with Crippen molar-refractivity contribution in [3.63, 3.8) is 0 Å². The van der Waals surface area contributed by atoms with Gasteiger partial charge in [-0.2, -0.15) is 0 Å². The van der Waals surface area contributed by atoms with Gasteiger partial charge in [0.2, 0.25) is 0 Å². The highest BCUT2D eigenvalue weighted by Gasteiger charge is 2.27. The van der Waals surface area contributed by atoms with Crippen LogP contribution in [0.15, 0.2) is 84.9 Å². The van der Waals surface area contributed by atoms with Gasteiger partial charge in [-0.1, -0.05) is 72.8 Å². The highest BCUT2D eigenvalue weighted by atomic mass is 16.7. The Morgan fingerprint density at radius 3 is 1.90 bits per heavy atom. The molecule has 3 aromatic rings. The second-order valence-corrected chi connectivity index (χ2v) is 7.92. The third-order valence-electron chi connectivity index (χ3n) is 5.90. The normalized spacial score (nSPS) is 15.2. The summed E-state index contributed by atoms with van der Waals surface area (Å²) in [6, 6.07) is 29.2. The molecule has 0 amide bonds. The molecule has 0 spiro atoms. The van der Waals surface area contributed by atoms with Crippen LogP contribution in [0.3, 0.4) is 0 Å². The molecule has 1 aliphatic rings. The van der Waals surface area contributed by atoms with Gasteiger partial charge in [-0.15, -0.1) is 0 Å². The van der Waals surface area contributed by atoms with Crippen molar-refractivity contribution in [2.75, 3.05) is 13.1 Å². The van der Waals surface area contributed by atoms with Crippen LogP contribution in [0.25, 0.3) is 0 Å². The minimum Gasteiger partial charge on any atom is -0.449 e. The molecule has 0 atom stereocenters. The molecule has 30 heavy (non-hydrogen) atoms. The molecule has 1 fully saturated rings. The molecular formula is C26H27NO3. The van der Waals surface area contributed by atoms with Gasteiger partial charge in [0.15, 0.2) is 0 Å². The van der Waals surface area contributed by atoms with Gasteiger partial charge in [-0.3, -0.25) is 4.90 Å². The van der Waals surface area contributed by atoms with E-state index in [1.54, 1.807) is 12.1 Å². The molecule has 0 bridgehead atoms. The summed E-state index contributed by atoms with van der Waals surface area (Å²) in [7, 11) is 0. The number of likely N-dealkylation sites (tertiary alicyclic amines) is 1. The molecule has 0 radical (unpaired) electrons. The molecule has 1 aliphatic heterocycles. The lowest BCUT2D eigenvalue weighted by Gasteiger charge is -2.38. The van der Waals surface area contributed by atoms with Gasteiger partial charge in [0.05, 0.1) is 6.04 Å². The predicted octanol–water partition coefficient (Wildman–Crippen LogP) is 5.79. The Hall–Kier alpha value is -3.11. The SMILES string of the molecule is O=C(O)Oc1ccc(CC2CCN(C(c3ccccc3)c3ccccc3)CC2)cc1. The number of carboxylic acid groups (broad SMARTS) is 1. The number of hydrogen-bond donors (Lipinski definition) is 1. The second-order valence-electron chi connectivity index (χ2n) is 7.92. The van der Waals surface area contributed by atoms with Gasteiger partial charge in [-0.25, -0.2) is 4.79 Å². The number of ether oxygens (including phenoxy) is 1. The van der Waals surface area contributed by atoms with Crippen LogP contribution in [-0.2, 0) is 6.42 Å². The standard InChI is InChI=1S/C26H27NO3/c28-26(29)30-24-13-11-20(12-14-24)19-21-15-17-27(18-16-21)25(22-7-3-1-4-8-22)23-9-5-2-6-10-23/h1-14,21,25H,15-19H2,(H,28,29). The first kappa shape index (κ1) is 20.2. The average molecular weight is 402 g/mol. The van der Waals surface area contributed by atoms with E-state index in [4.69, 9.17) is 9.84 Å². The molecule has 3 aromatic carbocycles. The summed E-state index contributed by atoms with van der Waals surface area (Å²) in [5.74, 6) is 1.01. The van der Waals surface area contributed by atoms with Crippen LogP contribution in [0, 0.1) is 5.92 Å². The van der Waals surface area contributed by atoms with E-state index >= 15 is 0 Å². The Morgan fingerprint density at radius 2 is 1.40 bits per heavy atom. The van der Waals surface area contributed by atoms with Crippen molar-refractivity contribution in [3.8, 4) is 5.75 Å². The van der Waals surface area contributed by atoms with E-state index in [1.165, 1.54) is 16.7 Å². The number of nitrogens with zero attached hydrogens (tertiary/aromatic N) is 1. The highest BCUT2D eigenvalue weighted by molar-refractivity contribution is 5.61. The number of piperidine rings is 1. The van der Waals surface area contributed by atoms with Crippen molar-refractivity contribution in [2.45, 2.75) is 25.3 Å². The summed E-state index contributed by atoms with van der Waals surface area (Å²) in [6.45, 7) is 2.14. The minimum atomic E-state index is -1.28. The third-order valence-corrected chi connectivity index (χ3v) is 5.90. The van der Waals surface area contributed by atoms with Gasteiger partial charge in [0.1, 0.15) is 5.75 Å². The van der Waals surface area contributed by atoms with E-state index in [0.717, 1.165) is 32.4 Å². The molecule has 0 aromatic heterocycles. The molecule has 0 saturated carbocycles. The zero-order chi connectivity index (χ0) is 20.8. The summed E-state index contributed by atoms with van der Waals surface area (Å²) >= 11 is 0. The van der Waals surface area contributed by atoms with Gasteiger partial charge < -0.3 is 9.84 Å². The lowest BCUT2D eigenvalue weighted by molar-refractivity contribution is 0.144. The minimum absolute atomic E-state index is 0.292. The van der Waals surface area contributed by atoms with Crippen LogP contribution in [0.5, 0.6) is 5.75 Å². The highest BCUT2D eigenvalue weighted by Crippen LogP contribution is 2.33. The quantitative estimate of drug-likeness (QED) is 0.420. The summed E-state index contributed by atoms with van der Waals surface area (Å²) in [6.07, 6.45) is 2.05. The van der Waals surface area contributed by atoms with Gasteiger partial charge >= 0.3 is 6.16 Å². The van der Waals surface area contributed by atoms with Crippen LogP contribution in [0.2, 0.25) is 0 Å². The lowest BCUT2D eigenvalue weighted by atomic mass is 9.87. The number of rotatable bonds is 6. The second kappa shape index (κ2) is 9.59. The first-order valence-electron chi connectivity index (χ1n) is 10.5. The monoisotopic (exact) mass is 401 g/mol. The predicted molar refractivity (Wildman–Crippen MR) is 118 cm³/mol. The largest absolute Gasteiger partial charge is 0.511 e. The smallest absolute Gasteiger partial charge is 0.449 e. The molecular weight excluding hydrogens is 374 g/mol. The van der Waals surface area contributed by atoms with Crippen molar-refractivity contribution in [3.05, 3.63) is 102 Å². The van der Waals surface area contributed by atoms with Crippen molar-refractivity contribution >= 4 is 6.16 Å². The number of carbonyl (C=O) groups is 1.